The molecule has 0 bridgehead atoms. The van der Waals surface area contributed by atoms with Crippen LogP contribution in [-0.2, 0) is 0 Å². The molecule has 0 atom stereocenters. The minimum atomic E-state index is -0.636. The van der Waals surface area contributed by atoms with E-state index in [9.17, 15) is 4.39 Å². The molecule has 0 aliphatic carbocycles. The third-order valence-electron chi connectivity index (χ3n) is 2.89. The van der Waals surface area contributed by atoms with E-state index < -0.39 is 5.82 Å². The van der Waals surface area contributed by atoms with Crippen LogP contribution in [0.3, 0.4) is 0 Å². The first-order valence-corrected chi connectivity index (χ1v) is 5.96. The molecule has 2 aromatic rings. The Morgan fingerprint density at radius 3 is 2.80 bits per heavy atom. The molecule has 0 spiro atoms. The van der Waals surface area contributed by atoms with Gasteiger partial charge in [0.25, 0.3) is 0 Å². The lowest BCUT2D eigenvalue weighted by atomic mass is 10.1. The lowest BCUT2D eigenvalue weighted by molar-refractivity contribution is 0.474. The van der Waals surface area contributed by atoms with Crippen molar-refractivity contribution in [2.75, 3.05) is 5.73 Å². The first kappa shape index (κ1) is 13.6. The van der Waals surface area contributed by atoms with E-state index in [-0.39, 0.29) is 17.0 Å². The standard InChI is InChI=1S/C16H13FN2O/c1-3-11-6-4-5-10(2)16(11)20-15-8-14(19)13(17)7-12(15)9-18/h3-8H,1,19H2,2H3. The molecule has 0 saturated carbocycles. The summed E-state index contributed by atoms with van der Waals surface area (Å²) < 4.78 is 19.1. The number of rotatable bonds is 3. The van der Waals surface area contributed by atoms with Crippen molar-refractivity contribution in [3.05, 3.63) is 59.4 Å². The predicted octanol–water partition coefficient (Wildman–Crippen LogP) is 4.02. The Morgan fingerprint density at radius 2 is 2.15 bits per heavy atom. The number of para-hydroxylation sites is 1. The third kappa shape index (κ3) is 2.47. The van der Waals surface area contributed by atoms with Gasteiger partial charge in [0.2, 0.25) is 0 Å². The minimum Gasteiger partial charge on any atom is -0.455 e. The fourth-order valence-corrected chi connectivity index (χ4v) is 1.83. The van der Waals surface area contributed by atoms with Crippen LogP contribution in [0.4, 0.5) is 10.1 Å². The van der Waals surface area contributed by atoms with Gasteiger partial charge in [0.15, 0.2) is 0 Å². The quantitative estimate of drug-likeness (QED) is 0.855. The zero-order valence-electron chi connectivity index (χ0n) is 11.0. The maximum atomic E-state index is 13.4. The second kappa shape index (κ2) is 5.45. The number of hydrogen-bond acceptors (Lipinski definition) is 3. The van der Waals surface area contributed by atoms with Crippen LogP contribution in [0, 0.1) is 24.1 Å². The molecule has 0 amide bonds. The van der Waals surface area contributed by atoms with Crippen LogP contribution >= 0.6 is 0 Å². The summed E-state index contributed by atoms with van der Waals surface area (Å²) in [6, 6.07) is 9.87. The molecule has 0 heterocycles. The van der Waals surface area contributed by atoms with E-state index in [4.69, 9.17) is 15.7 Å². The van der Waals surface area contributed by atoms with Crippen molar-refractivity contribution >= 4 is 11.8 Å². The molecule has 100 valence electrons. The average molecular weight is 268 g/mol. The number of benzene rings is 2. The van der Waals surface area contributed by atoms with Gasteiger partial charge in [-0.25, -0.2) is 4.39 Å². The van der Waals surface area contributed by atoms with Gasteiger partial charge in [0.05, 0.1) is 11.3 Å². The number of hydrogen-bond donors (Lipinski definition) is 1. The van der Waals surface area contributed by atoms with Gasteiger partial charge in [0, 0.05) is 11.6 Å². The van der Waals surface area contributed by atoms with Crippen LogP contribution in [0.5, 0.6) is 11.5 Å². The summed E-state index contributed by atoms with van der Waals surface area (Å²) in [5.74, 6) is 0.163. The zero-order valence-corrected chi connectivity index (χ0v) is 11.0. The van der Waals surface area contributed by atoms with Crippen molar-refractivity contribution in [1.82, 2.24) is 0 Å². The number of nitrogen functional groups attached to an aromatic ring is 1. The van der Waals surface area contributed by atoms with E-state index in [1.807, 2.05) is 31.2 Å². The molecule has 0 saturated heterocycles. The molecule has 0 unspecified atom stereocenters. The normalized spacial score (nSPS) is 9.85. The Labute approximate surface area is 116 Å². The average Bonchev–Trinajstić information content (AvgIpc) is 2.44. The summed E-state index contributed by atoms with van der Waals surface area (Å²) in [5.41, 5.74) is 7.22. The molecule has 0 aromatic heterocycles. The highest BCUT2D eigenvalue weighted by Gasteiger charge is 2.12. The van der Waals surface area contributed by atoms with Gasteiger partial charge in [-0.05, 0) is 18.6 Å². The highest BCUT2D eigenvalue weighted by atomic mass is 19.1. The van der Waals surface area contributed by atoms with E-state index in [1.54, 1.807) is 6.08 Å². The summed E-state index contributed by atoms with van der Waals surface area (Å²) in [5, 5.41) is 9.05. The van der Waals surface area contributed by atoms with Crippen molar-refractivity contribution < 1.29 is 9.13 Å². The predicted molar refractivity (Wildman–Crippen MR) is 76.9 cm³/mol. The van der Waals surface area contributed by atoms with Crippen molar-refractivity contribution in [2.24, 2.45) is 0 Å². The molecule has 2 rings (SSSR count). The molecule has 0 fully saturated rings. The number of ether oxygens (including phenoxy) is 1. The van der Waals surface area contributed by atoms with Gasteiger partial charge < -0.3 is 10.5 Å². The largest absolute Gasteiger partial charge is 0.455 e. The van der Waals surface area contributed by atoms with E-state index in [0.717, 1.165) is 17.2 Å². The number of nitriles is 1. The topological polar surface area (TPSA) is 59.0 Å². The van der Waals surface area contributed by atoms with E-state index >= 15 is 0 Å². The van der Waals surface area contributed by atoms with Gasteiger partial charge >= 0.3 is 0 Å². The number of aryl methyl sites for hydroxylation is 1. The minimum absolute atomic E-state index is 0.0623. The fourth-order valence-electron chi connectivity index (χ4n) is 1.83. The van der Waals surface area contributed by atoms with E-state index in [1.165, 1.54) is 6.07 Å². The van der Waals surface area contributed by atoms with Gasteiger partial charge in [-0.2, -0.15) is 5.26 Å². The number of halogens is 1. The van der Waals surface area contributed by atoms with Crippen LogP contribution < -0.4 is 10.5 Å². The van der Waals surface area contributed by atoms with Crippen LogP contribution in [0.25, 0.3) is 6.08 Å². The molecule has 3 nitrogen and oxygen atoms in total. The van der Waals surface area contributed by atoms with Gasteiger partial charge in [-0.3, -0.25) is 0 Å². The molecule has 20 heavy (non-hydrogen) atoms. The second-order valence-electron chi connectivity index (χ2n) is 4.28. The monoisotopic (exact) mass is 268 g/mol. The molecular formula is C16H13FN2O. The molecule has 0 radical (unpaired) electrons. The van der Waals surface area contributed by atoms with Crippen LogP contribution in [-0.4, -0.2) is 0 Å². The number of nitrogens with zero attached hydrogens (tertiary/aromatic N) is 1. The maximum absolute atomic E-state index is 13.4. The van der Waals surface area contributed by atoms with Gasteiger partial charge in [0.1, 0.15) is 23.4 Å². The molecular weight excluding hydrogens is 255 g/mol. The number of nitrogens with two attached hydrogens (primary N) is 1. The molecule has 2 N–H and O–H groups in total. The van der Waals surface area contributed by atoms with Crippen LogP contribution in [0.2, 0.25) is 0 Å². The Morgan fingerprint density at radius 1 is 1.40 bits per heavy atom. The van der Waals surface area contributed by atoms with Gasteiger partial charge in [-0.1, -0.05) is 30.9 Å². The maximum Gasteiger partial charge on any atom is 0.147 e. The summed E-state index contributed by atoms with van der Waals surface area (Å²) >= 11 is 0. The molecule has 0 aliphatic rings. The summed E-state index contributed by atoms with van der Waals surface area (Å²) in [4.78, 5) is 0. The zero-order chi connectivity index (χ0) is 14.7. The summed E-state index contributed by atoms with van der Waals surface area (Å²) in [6.45, 7) is 5.60. The smallest absolute Gasteiger partial charge is 0.147 e. The van der Waals surface area contributed by atoms with Crippen molar-refractivity contribution in [1.29, 1.82) is 5.26 Å². The first-order chi connectivity index (χ1) is 9.56. The van der Waals surface area contributed by atoms with Crippen molar-refractivity contribution in [3.63, 3.8) is 0 Å². The van der Waals surface area contributed by atoms with E-state index in [0.29, 0.717) is 5.75 Å². The Bertz CT molecular complexity index is 717. The van der Waals surface area contributed by atoms with Crippen molar-refractivity contribution in [3.8, 4) is 17.6 Å². The SMILES string of the molecule is C=Cc1cccc(C)c1Oc1cc(N)c(F)cc1C#N. The Hall–Kier alpha value is -2.80. The second-order valence-corrected chi connectivity index (χ2v) is 4.28. The lowest BCUT2D eigenvalue weighted by Crippen LogP contribution is -1.97. The number of anilines is 1. The Kier molecular flexibility index (Phi) is 3.72. The van der Waals surface area contributed by atoms with Crippen molar-refractivity contribution in [2.45, 2.75) is 6.92 Å². The lowest BCUT2D eigenvalue weighted by Gasteiger charge is -2.13. The van der Waals surface area contributed by atoms with Crippen LogP contribution in [0.1, 0.15) is 16.7 Å². The first-order valence-electron chi connectivity index (χ1n) is 5.96. The summed E-state index contributed by atoms with van der Waals surface area (Å²) in [7, 11) is 0. The Balaban J connectivity index is 2.53. The molecule has 4 heteroatoms. The third-order valence-corrected chi connectivity index (χ3v) is 2.89. The van der Waals surface area contributed by atoms with Gasteiger partial charge in [-0.15, -0.1) is 0 Å². The summed E-state index contributed by atoms with van der Waals surface area (Å²) in [6.07, 6.45) is 1.65. The van der Waals surface area contributed by atoms with Crippen LogP contribution in [0.15, 0.2) is 36.9 Å². The van der Waals surface area contributed by atoms with E-state index in [2.05, 4.69) is 6.58 Å². The highest BCUT2D eigenvalue weighted by Crippen LogP contribution is 2.33. The molecule has 0 aliphatic heterocycles. The highest BCUT2D eigenvalue weighted by molar-refractivity contribution is 5.61. The fraction of sp³-hybridized carbons (Fsp3) is 0.0625. The molecule has 2 aromatic carbocycles.